The number of carboxylic acid groups (broad SMARTS) is 2. The van der Waals surface area contributed by atoms with Crippen LogP contribution in [0.4, 0.5) is 5.82 Å². The Morgan fingerprint density at radius 1 is 1.35 bits per heavy atom. The molecule has 26 heavy (non-hydrogen) atoms. The third-order valence-corrected chi connectivity index (χ3v) is 4.69. The van der Waals surface area contributed by atoms with Crippen LogP contribution in [0.15, 0.2) is 12.7 Å². The third kappa shape index (κ3) is 2.30. The molecule has 0 bridgehead atoms. The summed E-state index contributed by atoms with van der Waals surface area (Å²) < 4.78 is 12.7. The van der Waals surface area contributed by atoms with Gasteiger partial charge in [0, 0.05) is 6.42 Å². The summed E-state index contributed by atoms with van der Waals surface area (Å²) in [4.78, 5) is 34.6. The fraction of sp³-hybridized carbons (Fsp3) is 0.500. The van der Waals surface area contributed by atoms with Crippen LogP contribution in [0.1, 0.15) is 19.1 Å². The first-order valence-corrected chi connectivity index (χ1v) is 7.72. The lowest BCUT2D eigenvalue weighted by atomic mass is 9.94. The maximum atomic E-state index is 11.5. The highest BCUT2D eigenvalue weighted by Gasteiger charge is 2.60. The van der Waals surface area contributed by atoms with Crippen LogP contribution in [0.2, 0.25) is 0 Å². The molecule has 2 aliphatic rings. The molecule has 4 heterocycles. The minimum atomic E-state index is -1.93. The number of aliphatic hydroxyl groups is 1. The van der Waals surface area contributed by atoms with Crippen LogP contribution >= 0.6 is 0 Å². The van der Waals surface area contributed by atoms with Crippen molar-refractivity contribution in [3.63, 3.8) is 0 Å². The van der Waals surface area contributed by atoms with Crippen molar-refractivity contribution in [1.82, 2.24) is 19.5 Å². The van der Waals surface area contributed by atoms with Crippen LogP contribution in [0.5, 0.6) is 0 Å². The van der Waals surface area contributed by atoms with Crippen LogP contribution < -0.4 is 5.73 Å². The van der Waals surface area contributed by atoms with E-state index in [2.05, 4.69) is 15.0 Å². The lowest BCUT2D eigenvalue weighted by Crippen LogP contribution is -2.43. The number of anilines is 1. The minimum Gasteiger partial charge on any atom is -0.481 e. The normalized spacial score (nSPS) is 33.4. The number of ether oxygens (including phenoxy) is 2. The van der Waals surface area contributed by atoms with Gasteiger partial charge in [-0.25, -0.2) is 19.7 Å². The summed E-state index contributed by atoms with van der Waals surface area (Å²) in [5.74, 6) is -2.55. The molecule has 0 spiro atoms. The Bertz CT molecular complexity index is 901. The number of nitrogen functional groups attached to an aromatic ring is 1. The van der Waals surface area contributed by atoms with Gasteiger partial charge in [-0.1, -0.05) is 0 Å². The Balaban J connectivity index is 1.63. The molecule has 2 aromatic rings. The quantitative estimate of drug-likeness (QED) is 0.508. The summed E-state index contributed by atoms with van der Waals surface area (Å²) in [6.07, 6.45) is -2.26. The van der Waals surface area contributed by atoms with Gasteiger partial charge in [-0.05, 0) is 0 Å². The number of fused-ring (bicyclic) bond motifs is 2. The summed E-state index contributed by atoms with van der Waals surface area (Å²) >= 11 is 0. The van der Waals surface area contributed by atoms with Gasteiger partial charge in [0.15, 0.2) is 23.3 Å². The fourth-order valence-corrected chi connectivity index (χ4v) is 3.52. The van der Waals surface area contributed by atoms with E-state index in [4.69, 9.17) is 20.3 Å². The van der Waals surface area contributed by atoms with E-state index in [-0.39, 0.29) is 12.2 Å². The fourth-order valence-electron chi connectivity index (χ4n) is 3.52. The zero-order valence-corrected chi connectivity index (χ0v) is 13.2. The average Bonchev–Trinajstić information content (AvgIpc) is 3.21. The third-order valence-electron chi connectivity index (χ3n) is 4.69. The number of carbonyl (C=O) groups is 2. The summed E-state index contributed by atoms with van der Waals surface area (Å²) in [7, 11) is 0. The predicted molar refractivity (Wildman–Crippen MR) is 81.8 cm³/mol. The van der Waals surface area contributed by atoms with Gasteiger partial charge in [-0.15, -0.1) is 0 Å². The lowest BCUT2D eigenvalue weighted by Gasteiger charge is -2.26. The zero-order valence-electron chi connectivity index (χ0n) is 13.2. The molecule has 2 fully saturated rings. The number of carboxylic acids is 2. The van der Waals surface area contributed by atoms with Gasteiger partial charge in [0.25, 0.3) is 0 Å². The Morgan fingerprint density at radius 3 is 2.77 bits per heavy atom. The molecule has 0 unspecified atom stereocenters. The van der Waals surface area contributed by atoms with E-state index >= 15 is 0 Å². The smallest absolute Gasteiger partial charge is 0.336 e. The predicted octanol–water partition coefficient (Wildman–Crippen LogP) is -1.25. The van der Waals surface area contributed by atoms with Crippen LogP contribution in [-0.2, 0) is 19.1 Å². The van der Waals surface area contributed by atoms with Gasteiger partial charge in [-0.2, -0.15) is 0 Å². The highest BCUT2D eigenvalue weighted by Crippen LogP contribution is 2.45. The van der Waals surface area contributed by atoms with Crippen molar-refractivity contribution in [1.29, 1.82) is 0 Å². The Hall–Kier alpha value is -2.83. The van der Waals surface area contributed by atoms with Crippen LogP contribution in [0.25, 0.3) is 11.2 Å². The van der Waals surface area contributed by atoms with E-state index < -0.39 is 48.5 Å². The van der Waals surface area contributed by atoms with Gasteiger partial charge in [0.05, 0.1) is 18.9 Å². The summed E-state index contributed by atoms with van der Waals surface area (Å²) in [5, 5.41) is 29.0. The Labute approximate surface area is 145 Å². The summed E-state index contributed by atoms with van der Waals surface area (Å²) in [6.45, 7) is 0. The maximum Gasteiger partial charge on any atom is 0.336 e. The van der Waals surface area contributed by atoms with E-state index in [1.807, 2.05) is 0 Å². The van der Waals surface area contributed by atoms with Gasteiger partial charge in [0.2, 0.25) is 0 Å². The number of hydrogen-bond donors (Lipinski definition) is 4. The first kappa shape index (κ1) is 16.6. The molecule has 2 aromatic heterocycles. The molecule has 0 aliphatic carbocycles. The zero-order chi connectivity index (χ0) is 18.6. The van der Waals surface area contributed by atoms with Crippen molar-refractivity contribution in [2.45, 2.75) is 43.0 Å². The number of imidazole rings is 1. The summed E-state index contributed by atoms with van der Waals surface area (Å²) in [6, 6.07) is 0. The minimum absolute atomic E-state index is 0.170. The van der Waals surface area contributed by atoms with Gasteiger partial charge >= 0.3 is 11.9 Å². The van der Waals surface area contributed by atoms with Crippen molar-refractivity contribution in [3.05, 3.63) is 12.7 Å². The van der Waals surface area contributed by atoms with Gasteiger partial charge in [-0.3, -0.25) is 9.36 Å². The van der Waals surface area contributed by atoms with Crippen molar-refractivity contribution in [2.75, 3.05) is 5.73 Å². The Morgan fingerprint density at radius 2 is 2.12 bits per heavy atom. The highest BCUT2D eigenvalue weighted by molar-refractivity contribution is 5.84. The van der Waals surface area contributed by atoms with E-state index in [0.29, 0.717) is 11.2 Å². The molecule has 4 rings (SSSR count). The molecule has 2 aliphatic heterocycles. The Kier molecular flexibility index (Phi) is 3.57. The lowest BCUT2D eigenvalue weighted by molar-refractivity contribution is -0.176. The first-order chi connectivity index (χ1) is 12.3. The molecule has 12 nitrogen and oxygen atoms in total. The topological polar surface area (TPSA) is 183 Å². The van der Waals surface area contributed by atoms with Crippen LogP contribution in [-0.4, -0.2) is 70.7 Å². The number of aromatic nitrogens is 4. The largest absolute Gasteiger partial charge is 0.481 e. The molecular weight excluding hydrogens is 350 g/mol. The molecule has 0 amide bonds. The molecule has 0 aromatic carbocycles. The highest BCUT2D eigenvalue weighted by atomic mass is 16.6. The molecule has 138 valence electrons. The molecular formula is C14H15N5O7. The molecule has 2 saturated heterocycles. The van der Waals surface area contributed by atoms with E-state index in [1.54, 1.807) is 0 Å². The van der Waals surface area contributed by atoms with Crippen LogP contribution in [0.3, 0.4) is 0 Å². The monoisotopic (exact) mass is 365 g/mol. The van der Waals surface area contributed by atoms with Crippen molar-refractivity contribution >= 4 is 28.9 Å². The van der Waals surface area contributed by atoms with E-state index in [9.17, 15) is 19.8 Å². The van der Waals surface area contributed by atoms with Gasteiger partial charge < -0.3 is 30.5 Å². The number of nitrogens with two attached hydrogens (primary N) is 1. The van der Waals surface area contributed by atoms with Gasteiger partial charge in [0.1, 0.15) is 24.1 Å². The molecule has 5 N–H and O–H groups in total. The molecule has 12 heteroatoms. The van der Waals surface area contributed by atoms with Crippen molar-refractivity contribution < 1.29 is 34.4 Å². The van der Waals surface area contributed by atoms with Crippen molar-refractivity contribution in [3.8, 4) is 0 Å². The van der Waals surface area contributed by atoms with Crippen molar-refractivity contribution in [2.24, 2.45) is 0 Å². The average molecular weight is 365 g/mol. The first-order valence-electron chi connectivity index (χ1n) is 7.72. The standard InChI is InChI=1S/C14H15N5O7/c15-10-7-11(17-3-16-10)19(4-18-7)12-8(22)9-5(25-12)1-14(26-9,13(23)24)2-6(20)21/h3-5,8-9,12,22H,1-2H2,(H,20,21)(H,23,24)(H2,15,16,17)/t5-,8-,9+,12+,14+/m0/s1. The molecule has 0 saturated carbocycles. The van der Waals surface area contributed by atoms with E-state index in [0.717, 1.165) is 0 Å². The second kappa shape index (κ2) is 5.59. The second-order valence-corrected chi connectivity index (χ2v) is 6.30. The number of aliphatic carboxylic acids is 2. The number of nitrogens with zero attached hydrogens (tertiary/aromatic N) is 4. The molecule has 0 radical (unpaired) electrons. The SMILES string of the molecule is Nc1ncnc2c1ncn2[C@@H]1O[C@H]2C[C@@](CC(=O)O)(C(=O)O)O[C@H]2[C@@H]1O. The number of hydrogen-bond acceptors (Lipinski definition) is 9. The summed E-state index contributed by atoms with van der Waals surface area (Å²) in [5.41, 5.74) is 4.48. The second-order valence-electron chi connectivity index (χ2n) is 6.30. The number of rotatable bonds is 4. The van der Waals surface area contributed by atoms with Crippen LogP contribution in [0, 0.1) is 0 Å². The van der Waals surface area contributed by atoms with E-state index in [1.165, 1.54) is 17.2 Å². The molecule has 5 atom stereocenters. The maximum absolute atomic E-state index is 11.5. The number of aliphatic hydroxyl groups excluding tert-OH is 1.